The molecular formula is C20H47N3O. The number of hydrogen-bond acceptors (Lipinski definition) is 4. The number of ether oxygens (including phenoxy) is 1. The van der Waals surface area contributed by atoms with Crippen LogP contribution in [0, 0.1) is 0 Å². The Morgan fingerprint density at radius 3 is 1.71 bits per heavy atom. The third-order valence-electron chi connectivity index (χ3n) is 4.34. The Kier molecular flexibility index (Phi) is 20.8. The summed E-state index contributed by atoms with van der Waals surface area (Å²) in [6.45, 7) is 24.7. The number of piperazine rings is 1. The lowest BCUT2D eigenvalue weighted by molar-refractivity contribution is -0.00466. The Bertz CT molecular complexity index is 223. The molecule has 2 aliphatic heterocycles. The van der Waals surface area contributed by atoms with E-state index < -0.39 is 0 Å². The van der Waals surface area contributed by atoms with E-state index in [-0.39, 0.29) is 0 Å². The van der Waals surface area contributed by atoms with Gasteiger partial charge in [-0.15, -0.1) is 0 Å². The van der Waals surface area contributed by atoms with Gasteiger partial charge in [-0.25, -0.2) is 0 Å². The van der Waals surface area contributed by atoms with Crippen molar-refractivity contribution in [3.05, 3.63) is 0 Å². The van der Waals surface area contributed by atoms with Gasteiger partial charge in [0.25, 0.3) is 0 Å². The van der Waals surface area contributed by atoms with E-state index in [1.54, 1.807) is 0 Å². The molecule has 0 amide bonds. The van der Waals surface area contributed by atoms with Crippen molar-refractivity contribution >= 4 is 0 Å². The minimum absolute atomic E-state index is 0.514. The summed E-state index contributed by atoms with van der Waals surface area (Å²) in [6.07, 6.45) is 2.95. The highest BCUT2D eigenvalue weighted by atomic mass is 16.5. The summed E-state index contributed by atoms with van der Waals surface area (Å²) >= 11 is 0. The zero-order chi connectivity index (χ0) is 18.8. The lowest BCUT2D eigenvalue weighted by Gasteiger charge is -2.34. The van der Waals surface area contributed by atoms with Crippen LogP contribution in [0.25, 0.3) is 0 Å². The molecule has 0 aromatic heterocycles. The molecule has 0 aromatic rings. The van der Waals surface area contributed by atoms with Gasteiger partial charge in [0.2, 0.25) is 0 Å². The predicted octanol–water partition coefficient (Wildman–Crippen LogP) is 3.81. The van der Waals surface area contributed by atoms with Crippen LogP contribution in [-0.4, -0.2) is 86.8 Å². The van der Waals surface area contributed by atoms with Gasteiger partial charge in [0.1, 0.15) is 0 Å². The van der Waals surface area contributed by atoms with Crippen LogP contribution >= 0.6 is 0 Å². The third-order valence-corrected chi connectivity index (χ3v) is 4.34. The van der Waals surface area contributed by atoms with Gasteiger partial charge in [-0.3, -0.25) is 4.90 Å². The average Bonchev–Trinajstić information content (AvgIpc) is 2.69. The molecule has 0 aromatic carbocycles. The van der Waals surface area contributed by atoms with Crippen LogP contribution in [0.4, 0.5) is 0 Å². The highest BCUT2D eigenvalue weighted by molar-refractivity contribution is 4.73. The van der Waals surface area contributed by atoms with Crippen molar-refractivity contribution in [1.82, 2.24) is 14.7 Å². The lowest BCUT2D eigenvalue weighted by Crippen LogP contribution is -2.46. The minimum atomic E-state index is 0.514. The zero-order valence-corrected chi connectivity index (χ0v) is 18.1. The maximum Gasteiger partial charge on any atom is 0.0600 e. The molecule has 0 N–H and O–H groups in total. The Labute approximate surface area is 153 Å². The molecule has 4 nitrogen and oxygen atoms in total. The highest BCUT2D eigenvalue weighted by Crippen LogP contribution is 2.13. The fourth-order valence-electron chi connectivity index (χ4n) is 2.81. The van der Waals surface area contributed by atoms with Crippen LogP contribution in [0.5, 0.6) is 0 Å². The fraction of sp³-hybridized carbons (Fsp3) is 1.00. The maximum atomic E-state index is 6.02. The highest BCUT2D eigenvalue weighted by Gasteiger charge is 2.19. The van der Waals surface area contributed by atoms with E-state index in [1.165, 1.54) is 58.7 Å². The van der Waals surface area contributed by atoms with E-state index in [9.17, 15) is 0 Å². The summed E-state index contributed by atoms with van der Waals surface area (Å²) in [5.74, 6) is 0. The monoisotopic (exact) mass is 345 g/mol. The standard InChI is InChI=1S/C14H29N3O.3C2H6/c1-3-16-6-4-14(5-7-16)18-13-12-17-10-8-15(2)9-11-17;3*1-2/h14H,3-13H2,1-2H3;3*1-2H3. The molecule has 2 fully saturated rings. The first-order chi connectivity index (χ1) is 11.8. The van der Waals surface area contributed by atoms with Gasteiger partial charge in [0, 0.05) is 45.8 Å². The number of hydrogen-bond donors (Lipinski definition) is 0. The number of piperidine rings is 1. The van der Waals surface area contributed by atoms with Crippen LogP contribution in [0.15, 0.2) is 0 Å². The summed E-state index contributed by atoms with van der Waals surface area (Å²) < 4.78 is 6.02. The van der Waals surface area contributed by atoms with E-state index in [0.29, 0.717) is 6.10 Å². The Morgan fingerprint density at radius 2 is 1.25 bits per heavy atom. The molecule has 2 aliphatic rings. The second kappa shape index (κ2) is 19.2. The molecule has 148 valence electrons. The minimum Gasteiger partial charge on any atom is -0.377 e. The van der Waals surface area contributed by atoms with Crippen LogP contribution in [0.1, 0.15) is 61.3 Å². The average molecular weight is 346 g/mol. The quantitative estimate of drug-likeness (QED) is 0.754. The van der Waals surface area contributed by atoms with Crippen molar-refractivity contribution in [1.29, 1.82) is 0 Å². The summed E-state index contributed by atoms with van der Waals surface area (Å²) in [5.41, 5.74) is 0. The third kappa shape index (κ3) is 12.2. The van der Waals surface area contributed by atoms with E-state index in [0.717, 1.165) is 13.2 Å². The van der Waals surface area contributed by atoms with E-state index in [1.807, 2.05) is 41.5 Å². The molecule has 0 spiro atoms. The summed E-state index contributed by atoms with van der Waals surface area (Å²) in [4.78, 5) is 7.44. The van der Waals surface area contributed by atoms with E-state index in [4.69, 9.17) is 4.74 Å². The molecule has 2 saturated heterocycles. The molecular weight excluding hydrogens is 298 g/mol. The van der Waals surface area contributed by atoms with E-state index >= 15 is 0 Å². The van der Waals surface area contributed by atoms with Crippen molar-refractivity contribution in [3.8, 4) is 0 Å². The summed E-state index contributed by atoms with van der Waals surface area (Å²) in [5, 5.41) is 0. The largest absolute Gasteiger partial charge is 0.377 e. The second-order valence-corrected chi connectivity index (χ2v) is 5.65. The van der Waals surface area contributed by atoms with Gasteiger partial charge in [0.05, 0.1) is 12.7 Å². The van der Waals surface area contributed by atoms with Crippen molar-refractivity contribution in [2.75, 3.05) is 66.0 Å². The lowest BCUT2D eigenvalue weighted by atomic mass is 10.1. The number of likely N-dealkylation sites (tertiary alicyclic amines) is 1. The van der Waals surface area contributed by atoms with Gasteiger partial charge in [-0.1, -0.05) is 48.5 Å². The number of nitrogens with zero attached hydrogens (tertiary/aromatic N) is 3. The van der Waals surface area contributed by atoms with Crippen molar-refractivity contribution in [2.45, 2.75) is 67.4 Å². The molecule has 0 radical (unpaired) electrons. The Morgan fingerprint density at radius 1 is 0.750 bits per heavy atom. The number of likely N-dealkylation sites (N-methyl/N-ethyl adjacent to an activating group) is 1. The first-order valence-corrected chi connectivity index (χ1v) is 10.5. The number of rotatable bonds is 5. The van der Waals surface area contributed by atoms with Gasteiger partial charge in [-0.2, -0.15) is 0 Å². The maximum absolute atomic E-state index is 6.02. The zero-order valence-electron chi connectivity index (χ0n) is 18.1. The van der Waals surface area contributed by atoms with Gasteiger partial charge in [0.15, 0.2) is 0 Å². The molecule has 0 aliphatic carbocycles. The second-order valence-electron chi connectivity index (χ2n) is 5.65. The van der Waals surface area contributed by atoms with Crippen LogP contribution < -0.4 is 0 Å². The topological polar surface area (TPSA) is 19.0 Å². The van der Waals surface area contributed by atoms with E-state index in [2.05, 4.69) is 28.7 Å². The summed E-state index contributed by atoms with van der Waals surface area (Å²) in [7, 11) is 2.20. The van der Waals surface area contributed by atoms with Crippen LogP contribution in [0.3, 0.4) is 0 Å². The van der Waals surface area contributed by atoms with Gasteiger partial charge >= 0.3 is 0 Å². The van der Waals surface area contributed by atoms with Crippen molar-refractivity contribution < 1.29 is 4.74 Å². The SMILES string of the molecule is CC.CC.CC.CCN1CCC(OCCN2CCN(C)CC2)CC1. The molecule has 2 rings (SSSR count). The Hall–Kier alpha value is -0.160. The molecule has 0 bridgehead atoms. The fourth-order valence-corrected chi connectivity index (χ4v) is 2.81. The predicted molar refractivity (Wildman–Crippen MR) is 109 cm³/mol. The molecule has 4 heteroatoms. The van der Waals surface area contributed by atoms with Crippen LogP contribution in [-0.2, 0) is 4.74 Å². The molecule has 0 unspecified atom stereocenters. The van der Waals surface area contributed by atoms with Crippen molar-refractivity contribution in [3.63, 3.8) is 0 Å². The molecule has 0 atom stereocenters. The van der Waals surface area contributed by atoms with Crippen LogP contribution in [0.2, 0.25) is 0 Å². The smallest absolute Gasteiger partial charge is 0.0600 e. The first-order valence-electron chi connectivity index (χ1n) is 10.5. The summed E-state index contributed by atoms with van der Waals surface area (Å²) in [6, 6.07) is 0. The molecule has 24 heavy (non-hydrogen) atoms. The molecule has 2 heterocycles. The molecule has 0 saturated carbocycles. The van der Waals surface area contributed by atoms with Gasteiger partial charge < -0.3 is 14.5 Å². The Balaban J connectivity index is 0. The first kappa shape index (κ1) is 26.1. The van der Waals surface area contributed by atoms with Gasteiger partial charge in [-0.05, 0) is 26.4 Å². The van der Waals surface area contributed by atoms with Crippen molar-refractivity contribution in [2.24, 2.45) is 0 Å². The normalized spacial score (nSPS) is 20.0.